The predicted molar refractivity (Wildman–Crippen MR) is 101 cm³/mol. The molecule has 134 valence electrons. The zero-order valence-corrected chi connectivity index (χ0v) is 15.2. The topological polar surface area (TPSA) is 88.6 Å². The summed E-state index contributed by atoms with van der Waals surface area (Å²) in [7, 11) is 1.58. The minimum Gasteiger partial charge on any atom is -0.493 e. The van der Waals surface area contributed by atoms with Crippen molar-refractivity contribution < 1.29 is 14.3 Å². The lowest BCUT2D eigenvalue weighted by Crippen LogP contribution is -2.17. The molecule has 3 aromatic rings. The molecule has 7 nitrogen and oxygen atoms in total. The van der Waals surface area contributed by atoms with E-state index in [4.69, 9.17) is 9.47 Å². The van der Waals surface area contributed by atoms with Crippen LogP contribution in [0.5, 0.6) is 11.5 Å². The Hall–Kier alpha value is -3.13. The lowest BCUT2D eigenvalue weighted by atomic mass is 10.1. The van der Waals surface area contributed by atoms with Crippen molar-refractivity contribution >= 4 is 23.5 Å². The van der Waals surface area contributed by atoms with Gasteiger partial charge in [-0.25, -0.2) is 5.43 Å². The van der Waals surface area contributed by atoms with E-state index in [9.17, 15) is 4.79 Å². The molecule has 0 aliphatic rings. The highest BCUT2D eigenvalue weighted by Crippen LogP contribution is 2.32. The highest BCUT2D eigenvalue weighted by molar-refractivity contribution is 7.11. The molecule has 1 aromatic carbocycles. The average molecular weight is 370 g/mol. The molecule has 0 spiro atoms. The summed E-state index contributed by atoms with van der Waals surface area (Å²) in [6, 6.07) is 11.0. The largest absolute Gasteiger partial charge is 0.493 e. The van der Waals surface area contributed by atoms with Crippen LogP contribution in [0.2, 0.25) is 0 Å². The van der Waals surface area contributed by atoms with Gasteiger partial charge in [-0.05, 0) is 42.6 Å². The molecule has 2 aromatic heterocycles. The van der Waals surface area contributed by atoms with Gasteiger partial charge in [-0.2, -0.15) is 10.2 Å². The van der Waals surface area contributed by atoms with Crippen LogP contribution in [0.15, 0.2) is 46.9 Å². The Bertz CT molecular complexity index is 903. The highest BCUT2D eigenvalue weighted by atomic mass is 32.1. The first-order valence-corrected chi connectivity index (χ1v) is 8.82. The van der Waals surface area contributed by atoms with Gasteiger partial charge in [-0.15, -0.1) is 11.3 Å². The third-order valence-electron chi connectivity index (χ3n) is 3.48. The molecule has 0 atom stereocenters. The first kappa shape index (κ1) is 17.7. The van der Waals surface area contributed by atoms with Gasteiger partial charge in [0.2, 0.25) is 0 Å². The third kappa shape index (κ3) is 4.09. The maximum atomic E-state index is 12.1. The fourth-order valence-corrected chi connectivity index (χ4v) is 2.85. The van der Waals surface area contributed by atoms with E-state index in [1.165, 1.54) is 11.3 Å². The van der Waals surface area contributed by atoms with Gasteiger partial charge in [0.15, 0.2) is 11.5 Å². The number of nitrogens with one attached hydrogen (secondary N) is 2. The van der Waals surface area contributed by atoms with E-state index in [0.717, 1.165) is 10.4 Å². The van der Waals surface area contributed by atoms with Gasteiger partial charge >= 0.3 is 0 Å². The fraction of sp³-hybridized carbons (Fsp3) is 0.167. The van der Waals surface area contributed by atoms with Gasteiger partial charge in [0.1, 0.15) is 5.69 Å². The number of ether oxygens (including phenoxy) is 2. The summed E-state index contributed by atoms with van der Waals surface area (Å²) in [4.78, 5) is 13.1. The Labute approximate surface area is 154 Å². The predicted octanol–water partition coefficient (Wildman–Crippen LogP) is 3.31. The number of rotatable bonds is 7. The van der Waals surface area contributed by atoms with Crippen LogP contribution in [-0.4, -0.2) is 36.0 Å². The molecule has 0 unspecified atom stereocenters. The molecule has 0 aliphatic carbocycles. The number of hydrogen-bond donors (Lipinski definition) is 2. The second kappa shape index (κ2) is 8.30. The van der Waals surface area contributed by atoms with Crippen LogP contribution >= 0.6 is 11.3 Å². The Morgan fingerprint density at radius 3 is 2.96 bits per heavy atom. The van der Waals surface area contributed by atoms with Crippen LogP contribution in [0.3, 0.4) is 0 Å². The molecule has 1 amide bonds. The molecule has 0 aliphatic heterocycles. The number of aromatic amines is 1. The molecule has 0 bridgehead atoms. The number of H-pyrrole nitrogens is 1. The number of benzene rings is 1. The number of methoxy groups -OCH3 is 1. The molecule has 3 rings (SSSR count). The van der Waals surface area contributed by atoms with Crippen molar-refractivity contribution in [2.75, 3.05) is 13.7 Å². The van der Waals surface area contributed by atoms with E-state index in [0.29, 0.717) is 29.5 Å². The number of carbonyl (C=O) groups is 1. The summed E-state index contributed by atoms with van der Waals surface area (Å²) < 4.78 is 10.8. The zero-order chi connectivity index (χ0) is 18.4. The number of aromatic nitrogens is 2. The molecule has 0 saturated carbocycles. The van der Waals surface area contributed by atoms with Crippen molar-refractivity contribution in [2.24, 2.45) is 5.10 Å². The Morgan fingerprint density at radius 1 is 1.35 bits per heavy atom. The van der Waals surface area contributed by atoms with Crippen LogP contribution < -0.4 is 14.9 Å². The average Bonchev–Trinajstić information content (AvgIpc) is 3.34. The summed E-state index contributed by atoms with van der Waals surface area (Å²) >= 11 is 1.54. The molecule has 26 heavy (non-hydrogen) atoms. The van der Waals surface area contributed by atoms with Crippen LogP contribution in [0, 0.1) is 0 Å². The normalized spacial score (nSPS) is 10.8. The SMILES string of the molecule is CCOc1ccc(-c2cc(C(=O)NN=Cc3cccs3)[nH]n2)cc1OC. The minimum absolute atomic E-state index is 0.316. The Morgan fingerprint density at radius 2 is 2.23 bits per heavy atom. The van der Waals surface area contributed by atoms with Gasteiger partial charge in [0, 0.05) is 10.4 Å². The van der Waals surface area contributed by atoms with E-state index < -0.39 is 0 Å². The molecule has 0 saturated heterocycles. The number of nitrogens with zero attached hydrogens (tertiary/aromatic N) is 2. The summed E-state index contributed by atoms with van der Waals surface area (Å²) in [5.41, 5.74) is 4.22. The highest BCUT2D eigenvalue weighted by Gasteiger charge is 2.13. The number of carbonyl (C=O) groups excluding carboxylic acids is 1. The van der Waals surface area contributed by atoms with Crippen molar-refractivity contribution in [3.63, 3.8) is 0 Å². The summed E-state index contributed by atoms with van der Waals surface area (Å²) in [6.07, 6.45) is 1.59. The molecule has 0 fully saturated rings. The van der Waals surface area contributed by atoms with Gasteiger partial charge in [0.25, 0.3) is 5.91 Å². The lowest BCUT2D eigenvalue weighted by Gasteiger charge is -2.09. The lowest BCUT2D eigenvalue weighted by molar-refractivity contribution is 0.0950. The maximum absolute atomic E-state index is 12.1. The van der Waals surface area contributed by atoms with Gasteiger partial charge in [0.05, 0.1) is 25.6 Å². The van der Waals surface area contributed by atoms with E-state index >= 15 is 0 Å². The Balaban J connectivity index is 1.71. The van der Waals surface area contributed by atoms with E-state index in [1.807, 2.05) is 42.6 Å². The van der Waals surface area contributed by atoms with Crippen LogP contribution in [0.25, 0.3) is 11.3 Å². The maximum Gasteiger partial charge on any atom is 0.289 e. The second-order valence-corrected chi connectivity index (χ2v) is 6.16. The summed E-state index contributed by atoms with van der Waals surface area (Å²) in [5, 5.41) is 12.8. The number of hydrazone groups is 1. The van der Waals surface area contributed by atoms with Crippen molar-refractivity contribution in [3.05, 3.63) is 52.3 Å². The van der Waals surface area contributed by atoms with E-state index in [2.05, 4.69) is 20.7 Å². The monoisotopic (exact) mass is 370 g/mol. The van der Waals surface area contributed by atoms with Crippen LogP contribution in [-0.2, 0) is 0 Å². The first-order chi connectivity index (χ1) is 12.7. The fourth-order valence-electron chi connectivity index (χ4n) is 2.27. The number of hydrogen-bond acceptors (Lipinski definition) is 6. The van der Waals surface area contributed by atoms with E-state index in [-0.39, 0.29) is 5.91 Å². The number of amides is 1. The summed E-state index contributed by atoms with van der Waals surface area (Å²) in [6.45, 7) is 2.46. The molecular weight excluding hydrogens is 352 g/mol. The zero-order valence-electron chi connectivity index (χ0n) is 14.4. The minimum atomic E-state index is -0.366. The van der Waals surface area contributed by atoms with Crippen molar-refractivity contribution in [2.45, 2.75) is 6.92 Å². The molecule has 8 heteroatoms. The smallest absolute Gasteiger partial charge is 0.289 e. The van der Waals surface area contributed by atoms with Gasteiger partial charge in [-0.1, -0.05) is 6.07 Å². The van der Waals surface area contributed by atoms with Gasteiger partial charge in [-0.3, -0.25) is 9.89 Å². The molecule has 2 N–H and O–H groups in total. The van der Waals surface area contributed by atoms with Crippen molar-refractivity contribution in [1.29, 1.82) is 0 Å². The summed E-state index contributed by atoms with van der Waals surface area (Å²) in [5.74, 6) is 0.906. The quantitative estimate of drug-likeness (QED) is 0.493. The first-order valence-electron chi connectivity index (χ1n) is 7.94. The molecular formula is C18H18N4O3S. The molecule has 2 heterocycles. The van der Waals surface area contributed by atoms with Crippen molar-refractivity contribution in [3.8, 4) is 22.8 Å². The van der Waals surface area contributed by atoms with Crippen LogP contribution in [0.1, 0.15) is 22.3 Å². The van der Waals surface area contributed by atoms with Gasteiger partial charge < -0.3 is 9.47 Å². The number of thiophene rings is 1. The second-order valence-electron chi connectivity index (χ2n) is 5.18. The third-order valence-corrected chi connectivity index (χ3v) is 4.29. The van der Waals surface area contributed by atoms with Crippen molar-refractivity contribution in [1.82, 2.24) is 15.6 Å². The van der Waals surface area contributed by atoms with E-state index in [1.54, 1.807) is 19.4 Å². The van der Waals surface area contributed by atoms with Crippen LogP contribution in [0.4, 0.5) is 0 Å². The molecule has 0 radical (unpaired) electrons. The Kier molecular flexibility index (Phi) is 5.65. The standard InChI is InChI=1S/C18H18N4O3S/c1-3-25-16-7-6-12(9-17(16)24-2)14-10-15(21-20-14)18(23)22-19-11-13-5-4-8-26-13/h4-11H,3H2,1-2H3,(H,20,21)(H,22,23).